The van der Waals surface area contributed by atoms with Gasteiger partial charge in [0.05, 0.1) is 25.0 Å². The molecule has 110 valence electrons. The normalized spacial score (nSPS) is 12.9. The zero-order valence-electron chi connectivity index (χ0n) is 12.3. The molecule has 0 radical (unpaired) electrons. The van der Waals surface area contributed by atoms with Crippen LogP contribution in [0.25, 0.3) is 0 Å². The van der Waals surface area contributed by atoms with Gasteiger partial charge in [-0.15, -0.1) is 0 Å². The van der Waals surface area contributed by atoms with Gasteiger partial charge in [-0.05, 0) is 33.6 Å². The summed E-state index contributed by atoms with van der Waals surface area (Å²) in [5, 5.41) is 4.36. The molecule has 1 rings (SSSR count). The third-order valence-corrected chi connectivity index (χ3v) is 3.02. The molecule has 6 heteroatoms. The zero-order chi connectivity index (χ0) is 14.3. The van der Waals surface area contributed by atoms with Gasteiger partial charge in [-0.1, -0.05) is 0 Å². The molecule has 0 aliphatic heterocycles. The van der Waals surface area contributed by atoms with Gasteiger partial charge in [0.2, 0.25) is 0 Å². The van der Waals surface area contributed by atoms with Gasteiger partial charge in [0.25, 0.3) is 0 Å². The number of hydrogen-bond donors (Lipinski definition) is 2. The lowest BCUT2D eigenvalue weighted by molar-refractivity contribution is 0.140. The van der Waals surface area contributed by atoms with Gasteiger partial charge in [0, 0.05) is 19.3 Å². The van der Waals surface area contributed by atoms with E-state index in [0.717, 1.165) is 37.5 Å². The van der Waals surface area contributed by atoms with Gasteiger partial charge < -0.3 is 9.47 Å². The maximum absolute atomic E-state index is 5.68. The largest absolute Gasteiger partial charge is 0.493 e. The highest BCUT2D eigenvalue weighted by molar-refractivity contribution is 5.28. The minimum atomic E-state index is 0.0142. The second-order valence-corrected chi connectivity index (χ2v) is 4.69. The smallest absolute Gasteiger partial charge is 0.161 e. The van der Waals surface area contributed by atoms with Crippen LogP contribution >= 0.6 is 0 Å². The Labute approximate surface area is 115 Å². The van der Waals surface area contributed by atoms with Crippen LogP contribution in [0.1, 0.15) is 51.4 Å². The van der Waals surface area contributed by atoms with Crippen LogP contribution in [0.4, 0.5) is 0 Å². The van der Waals surface area contributed by atoms with Crippen LogP contribution < -0.4 is 16.0 Å². The van der Waals surface area contributed by atoms with Gasteiger partial charge in [-0.25, -0.2) is 0 Å². The molecule has 0 aliphatic rings. The van der Waals surface area contributed by atoms with Crippen LogP contribution in [0.15, 0.2) is 6.20 Å². The number of rotatable bonds is 9. The van der Waals surface area contributed by atoms with Gasteiger partial charge in [0.1, 0.15) is 0 Å². The highest BCUT2D eigenvalue weighted by atomic mass is 16.5. The first-order valence-corrected chi connectivity index (χ1v) is 6.80. The Bertz CT molecular complexity index is 366. The third kappa shape index (κ3) is 4.19. The van der Waals surface area contributed by atoms with E-state index < -0.39 is 0 Å². The molecule has 0 fully saturated rings. The highest BCUT2D eigenvalue weighted by Gasteiger charge is 2.22. The fourth-order valence-electron chi connectivity index (χ4n) is 2.09. The summed E-state index contributed by atoms with van der Waals surface area (Å²) in [6.45, 7) is 7.66. The first-order valence-electron chi connectivity index (χ1n) is 6.80. The Morgan fingerprint density at radius 1 is 1.47 bits per heavy atom. The van der Waals surface area contributed by atoms with Gasteiger partial charge >= 0.3 is 0 Å². The van der Waals surface area contributed by atoms with Crippen molar-refractivity contribution in [2.75, 3.05) is 20.3 Å². The molecular formula is C13H26N4O2. The van der Waals surface area contributed by atoms with E-state index in [2.05, 4.69) is 24.4 Å². The maximum Gasteiger partial charge on any atom is 0.161 e. The summed E-state index contributed by atoms with van der Waals surface area (Å²) >= 11 is 0. The molecule has 1 aromatic heterocycles. The average Bonchev–Trinajstić information content (AvgIpc) is 2.83. The van der Waals surface area contributed by atoms with E-state index in [1.165, 1.54) is 0 Å². The minimum absolute atomic E-state index is 0.0142. The van der Waals surface area contributed by atoms with Crippen molar-refractivity contribution in [3.63, 3.8) is 0 Å². The van der Waals surface area contributed by atoms with Gasteiger partial charge in [-0.2, -0.15) is 5.10 Å². The Hall–Kier alpha value is -1.11. The highest BCUT2D eigenvalue weighted by Crippen LogP contribution is 2.29. The van der Waals surface area contributed by atoms with E-state index in [-0.39, 0.29) is 12.1 Å². The first kappa shape index (κ1) is 15.9. The number of aromatic nitrogens is 2. The summed E-state index contributed by atoms with van der Waals surface area (Å²) in [5.41, 5.74) is 3.85. The molecular weight excluding hydrogens is 244 g/mol. The molecule has 0 bridgehead atoms. The number of hydrazine groups is 1. The molecule has 0 saturated carbocycles. The molecule has 1 atom stereocenters. The number of nitrogens with zero attached hydrogens (tertiary/aromatic N) is 2. The van der Waals surface area contributed by atoms with Crippen molar-refractivity contribution in [2.24, 2.45) is 5.84 Å². The average molecular weight is 270 g/mol. The van der Waals surface area contributed by atoms with E-state index in [4.69, 9.17) is 15.3 Å². The predicted molar refractivity (Wildman–Crippen MR) is 75.0 cm³/mol. The molecule has 1 heterocycles. The van der Waals surface area contributed by atoms with E-state index in [0.29, 0.717) is 0 Å². The summed E-state index contributed by atoms with van der Waals surface area (Å²) < 4.78 is 12.7. The first-order chi connectivity index (χ1) is 9.15. The maximum atomic E-state index is 5.68. The van der Waals surface area contributed by atoms with E-state index in [1.807, 2.05) is 11.6 Å². The molecule has 3 N–H and O–H groups in total. The van der Waals surface area contributed by atoms with Crippen molar-refractivity contribution in [1.29, 1.82) is 0 Å². The fraction of sp³-hybridized carbons (Fsp3) is 0.769. The Morgan fingerprint density at radius 3 is 2.74 bits per heavy atom. The molecule has 1 unspecified atom stereocenters. The number of ether oxygens (including phenoxy) is 2. The van der Waals surface area contributed by atoms with Crippen LogP contribution in [0.3, 0.4) is 0 Å². The van der Waals surface area contributed by atoms with E-state index in [9.17, 15) is 0 Å². The topological polar surface area (TPSA) is 74.3 Å². The minimum Gasteiger partial charge on any atom is -0.493 e. The van der Waals surface area contributed by atoms with Gasteiger partial charge in [0.15, 0.2) is 5.75 Å². The molecule has 0 aromatic carbocycles. The van der Waals surface area contributed by atoms with Crippen molar-refractivity contribution < 1.29 is 9.47 Å². The summed E-state index contributed by atoms with van der Waals surface area (Å²) in [4.78, 5) is 0. The summed E-state index contributed by atoms with van der Waals surface area (Å²) in [5.74, 6) is 6.46. The molecule has 0 amide bonds. The number of nitrogens with one attached hydrogen (secondary N) is 1. The Morgan fingerprint density at radius 2 is 2.21 bits per heavy atom. The SMILES string of the molecule is CCOCCCC(NN)c1c(OC)cnn1C(C)C. The second kappa shape index (κ2) is 8.14. The van der Waals surface area contributed by atoms with E-state index in [1.54, 1.807) is 13.3 Å². The second-order valence-electron chi connectivity index (χ2n) is 4.69. The third-order valence-electron chi connectivity index (χ3n) is 3.02. The van der Waals surface area contributed by atoms with Crippen molar-refractivity contribution in [1.82, 2.24) is 15.2 Å². The molecule has 19 heavy (non-hydrogen) atoms. The standard InChI is InChI=1S/C13H26N4O2/c1-5-19-8-6-7-11(16-14)13-12(18-4)9-15-17(13)10(2)3/h9-11,16H,5-8,14H2,1-4H3. The lowest BCUT2D eigenvalue weighted by Gasteiger charge is -2.20. The lowest BCUT2D eigenvalue weighted by atomic mass is 10.1. The van der Waals surface area contributed by atoms with Crippen molar-refractivity contribution in [3.8, 4) is 5.75 Å². The molecule has 1 aromatic rings. The molecule has 0 spiro atoms. The van der Waals surface area contributed by atoms with Crippen molar-refractivity contribution in [3.05, 3.63) is 11.9 Å². The lowest BCUT2D eigenvalue weighted by Crippen LogP contribution is -2.31. The molecule has 0 aliphatic carbocycles. The van der Waals surface area contributed by atoms with Gasteiger partial charge in [-0.3, -0.25) is 16.0 Å². The molecule has 0 saturated heterocycles. The quantitative estimate of drug-likeness (QED) is 0.406. The van der Waals surface area contributed by atoms with Crippen molar-refractivity contribution in [2.45, 2.75) is 45.7 Å². The Kier molecular flexibility index (Phi) is 6.83. The van der Waals surface area contributed by atoms with Crippen LogP contribution in [0, 0.1) is 0 Å². The number of methoxy groups -OCH3 is 1. The summed E-state index contributed by atoms with van der Waals surface area (Å²) in [7, 11) is 1.65. The monoisotopic (exact) mass is 270 g/mol. The van der Waals surface area contributed by atoms with Crippen LogP contribution in [0.5, 0.6) is 5.75 Å². The van der Waals surface area contributed by atoms with E-state index >= 15 is 0 Å². The van der Waals surface area contributed by atoms with Crippen LogP contribution in [-0.2, 0) is 4.74 Å². The summed E-state index contributed by atoms with van der Waals surface area (Å²) in [6.07, 6.45) is 3.56. The van der Waals surface area contributed by atoms with Crippen LogP contribution in [0.2, 0.25) is 0 Å². The number of hydrogen-bond acceptors (Lipinski definition) is 5. The number of nitrogens with two attached hydrogens (primary N) is 1. The Balaban J connectivity index is 2.80. The van der Waals surface area contributed by atoms with Crippen molar-refractivity contribution >= 4 is 0 Å². The predicted octanol–water partition coefficient (Wildman–Crippen LogP) is 1.79. The fourth-order valence-corrected chi connectivity index (χ4v) is 2.09. The molecule has 6 nitrogen and oxygen atoms in total. The summed E-state index contributed by atoms with van der Waals surface area (Å²) in [6, 6.07) is 0.280. The van der Waals surface area contributed by atoms with Crippen LogP contribution in [-0.4, -0.2) is 30.1 Å². The zero-order valence-corrected chi connectivity index (χ0v) is 12.3.